The molecule has 0 saturated heterocycles. The van der Waals surface area contributed by atoms with Crippen LogP contribution in [0.3, 0.4) is 0 Å². The van der Waals surface area contributed by atoms with Gasteiger partial charge in [0, 0.05) is 22.5 Å². The predicted octanol–water partition coefficient (Wildman–Crippen LogP) is 3.12. The van der Waals surface area contributed by atoms with E-state index in [-0.39, 0.29) is 5.41 Å². The zero-order valence-corrected chi connectivity index (χ0v) is 10.3. The number of hydrogen-bond acceptors (Lipinski definition) is 2. The maximum absolute atomic E-state index is 10.2. The molecule has 1 aromatic rings. The van der Waals surface area contributed by atoms with E-state index in [2.05, 4.69) is 0 Å². The molecular formula is C13H18ClNO. The molecule has 0 bridgehead atoms. The van der Waals surface area contributed by atoms with Gasteiger partial charge < -0.3 is 10.8 Å². The van der Waals surface area contributed by atoms with E-state index in [1.54, 1.807) is 0 Å². The molecule has 0 spiro atoms. The van der Waals surface area contributed by atoms with E-state index in [0.29, 0.717) is 17.3 Å². The smallest absolute Gasteiger partial charge is 0.123 e. The van der Waals surface area contributed by atoms with Gasteiger partial charge in [-0.15, -0.1) is 0 Å². The summed E-state index contributed by atoms with van der Waals surface area (Å²) in [5.74, 6) is 0.333. The highest BCUT2D eigenvalue weighted by molar-refractivity contribution is 6.31. The quantitative estimate of drug-likeness (QED) is 0.833. The highest BCUT2D eigenvalue weighted by Crippen LogP contribution is 2.47. The van der Waals surface area contributed by atoms with Crippen molar-refractivity contribution in [2.45, 2.75) is 38.0 Å². The normalized spacial score (nSPS) is 18.9. The van der Waals surface area contributed by atoms with E-state index in [0.717, 1.165) is 24.0 Å². The Morgan fingerprint density at radius 1 is 1.38 bits per heavy atom. The highest BCUT2D eigenvalue weighted by atomic mass is 35.5. The Morgan fingerprint density at radius 2 is 2.00 bits per heavy atom. The molecule has 0 amide bonds. The number of aromatic hydroxyl groups is 1. The van der Waals surface area contributed by atoms with Crippen molar-refractivity contribution in [2.24, 2.45) is 5.73 Å². The van der Waals surface area contributed by atoms with Gasteiger partial charge in [-0.1, -0.05) is 30.5 Å². The lowest BCUT2D eigenvalue weighted by Gasteiger charge is -2.30. The number of benzene rings is 1. The third-order valence-electron chi connectivity index (χ3n) is 3.81. The van der Waals surface area contributed by atoms with Crippen LogP contribution >= 0.6 is 11.6 Å². The Morgan fingerprint density at radius 3 is 2.56 bits per heavy atom. The van der Waals surface area contributed by atoms with Crippen molar-refractivity contribution in [1.82, 2.24) is 0 Å². The van der Waals surface area contributed by atoms with Crippen LogP contribution in [0.2, 0.25) is 5.02 Å². The molecular weight excluding hydrogens is 222 g/mol. The third kappa shape index (κ3) is 1.70. The SMILES string of the molecule is Cc1ccc(Cl)c(C2(CN)CCCC2)c1O. The Balaban J connectivity index is 2.57. The standard InChI is InChI=1S/C13H18ClNO/c1-9-4-5-10(14)11(12(9)16)13(8-15)6-2-3-7-13/h4-5,16H,2-3,6-8,15H2,1H3. The average Bonchev–Trinajstić information content (AvgIpc) is 2.74. The molecule has 2 rings (SSSR count). The Kier molecular flexibility index (Phi) is 3.13. The van der Waals surface area contributed by atoms with Crippen molar-refractivity contribution < 1.29 is 5.11 Å². The van der Waals surface area contributed by atoms with Gasteiger partial charge in [0.2, 0.25) is 0 Å². The molecule has 1 aliphatic rings. The van der Waals surface area contributed by atoms with Crippen LogP contribution in [0.5, 0.6) is 5.75 Å². The Bertz CT molecular complexity index is 397. The Hall–Kier alpha value is -0.730. The molecule has 0 aromatic heterocycles. The molecule has 0 unspecified atom stereocenters. The summed E-state index contributed by atoms with van der Waals surface area (Å²) in [4.78, 5) is 0. The highest BCUT2D eigenvalue weighted by Gasteiger charge is 2.38. The van der Waals surface area contributed by atoms with Crippen LogP contribution in [0.1, 0.15) is 36.8 Å². The third-order valence-corrected chi connectivity index (χ3v) is 4.13. The van der Waals surface area contributed by atoms with E-state index < -0.39 is 0 Å². The van der Waals surface area contributed by atoms with Crippen molar-refractivity contribution in [1.29, 1.82) is 0 Å². The second kappa shape index (κ2) is 4.27. The Labute approximate surface area is 101 Å². The van der Waals surface area contributed by atoms with Crippen molar-refractivity contribution in [2.75, 3.05) is 6.54 Å². The molecule has 88 valence electrons. The van der Waals surface area contributed by atoms with Gasteiger partial charge >= 0.3 is 0 Å². The summed E-state index contributed by atoms with van der Waals surface area (Å²) in [6.07, 6.45) is 4.39. The first-order valence-corrected chi connectivity index (χ1v) is 6.17. The number of rotatable bonds is 2. The van der Waals surface area contributed by atoms with Crippen LogP contribution in [0.4, 0.5) is 0 Å². The summed E-state index contributed by atoms with van der Waals surface area (Å²) < 4.78 is 0. The fourth-order valence-corrected chi connectivity index (χ4v) is 3.14. The summed E-state index contributed by atoms with van der Waals surface area (Å²) >= 11 is 6.23. The lowest BCUT2D eigenvalue weighted by molar-refractivity contribution is 0.403. The van der Waals surface area contributed by atoms with E-state index in [1.165, 1.54) is 12.8 Å². The molecule has 1 aliphatic carbocycles. The summed E-state index contributed by atoms with van der Waals surface area (Å²) in [5, 5.41) is 10.8. The van der Waals surface area contributed by atoms with Crippen LogP contribution in [-0.4, -0.2) is 11.7 Å². The molecule has 3 N–H and O–H groups in total. The van der Waals surface area contributed by atoms with Gasteiger partial charge in [-0.3, -0.25) is 0 Å². The minimum Gasteiger partial charge on any atom is -0.507 e. The minimum atomic E-state index is -0.104. The van der Waals surface area contributed by atoms with Crippen molar-refractivity contribution in [3.63, 3.8) is 0 Å². The van der Waals surface area contributed by atoms with Crippen LogP contribution < -0.4 is 5.73 Å². The summed E-state index contributed by atoms with van der Waals surface area (Å²) in [7, 11) is 0. The van der Waals surface area contributed by atoms with Crippen molar-refractivity contribution in [3.8, 4) is 5.75 Å². The van der Waals surface area contributed by atoms with Crippen LogP contribution in [-0.2, 0) is 5.41 Å². The molecule has 0 radical (unpaired) electrons. The first kappa shape index (κ1) is 11.7. The van der Waals surface area contributed by atoms with Gasteiger partial charge in [0.05, 0.1) is 0 Å². The zero-order valence-electron chi connectivity index (χ0n) is 9.59. The molecule has 1 saturated carbocycles. The predicted molar refractivity (Wildman–Crippen MR) is 67.1 cm³/mol. The molecule has 0 heterocycles. The summed E-state index contributed by atoms with van der Waals surface area (Å²) in [5.41, 5.74) is 7.56. The van der Waals surface area contributed by atoms with Gasteiger partial charge in [-0.05, 0) is 31.4 Å². The number of phenolic OH excluding ortho intramolecular Hbond substituents is 1. The minimum absolute atomic E-state index is 0.104. The fraction of sp³-hybridized carbons (Fsp3) is 0.538. The first-order valence-electron chi connectivity index (χ1n) is 5.79. The maximum Gasteiger partial charge on any atom is 0.123 e. The van der Waals surface area contributed by atoms with E-state index in [9.17, 15) is 5.11 Å². The largest absolute Gasteiger partial charge is 0.507 e. The van der Waals surface area contributed by atoms with Gasteiger partial charge in [-0.2, -0.15) is 0 Å². The lowest BCUT2D eigenvalue weighted by atomic mass is 9.78. The van der Waals surface area contributed by atoms with E-state index in [1.807, 2.05) is 19.1 Å². The van der Waals surface area contributed by atoms with E-state index >= 15 is 0 Å². The maximum atomic E-state index is 10.2. The molecule has 0 aliphatic heterocycles. The topological polar surface area (TPSA) is 46.2 Å². The monoisotopic (exact) mass is 239 g/mol. The van der Waals surface area contributed by atoms with Gasteiger partial charge in [0.25, 0.3) is 0 Å². The second-order valence-corrected chi connectivity index (χ2v) is 5.19. The number of nitrogens with two attached hydrogens (primary N) is 1. The molecule has 2 nitrogen and oxygen atoms in total. The number of aryl methyl sites for hydroxylation is 1. The van der Waals surface area contributed by atoms with Gasteiger partial charge in [-0.25, -0.2) is 0 Å². The van der Waals surface area contributed by atoms with Crippen LogP contribution in [0, 0.1) is 6.92 Å². The first-order chi connectivity index (χ1) is 7.60. The fourth-order valence-electron chi connectivity index (χ4n) is 2.78. The summed E-state index contributed by atoms with van der Waals surface area (Å²) in [6.45, 7) is 2.46. The molecule has 0 atom stereocenters. The van der Waals surface area contributed by atoms with Crippen LogP contribution in [0.25, 0.3) is 0 Å². The second-order valence-electron chi connectivity index (χ2n) is 4.78. The number of hydrogen-bond donors (Lipinski definition) is 2. The zero-order chi connectivity index (χ0) is 11.8. The van der Waals surface area contributed by atoms with Gasteiger partial charge in [0.1, 0.15) is 5.75 Å². The van der Waals surface area contributed by atoms with Crippen LogP contribution in [0.15, 0.2) is 12.1 Å². The number of halogens is 1. The van der Waals surface area contributed by atoms with Crippen molar-refractivity contribution in [3.05, 3.63) is 28.3 Å². The molecule has 1 aromatic carbocycles. The molecule has 3 heteroatoms. The molecule has 16 heavy (non-hydrogen) atoms. The van der Waals surface area contributed by atoms with Crippen molar-refractivity contribution >= 4 is 11.6 Å². The summed E-state index contributed by atoms with van der Waals surface area (Å²) in [6, 6.07) is 3.71. The number of phenols is 1. The average molecular weight is 240 g/mol. The lowest BCUT2D eigenvalue weighted by Crippen LogP contribution is -2.32. The van der Waals surface area contributed by atoms with E-state index in [4.69, 9.17) is 17.3 Å². The van der Waals surface area contributed by atoms with Gasteiger partial charge in [0.15, 0.2) is 0 Å². The molecule has 1 fully saturated rings.